The highest BCUT2D eigenvalue weighted by atomic mass is 19.3. The molecule has 1 aliphatic rings. The zero-order valence-electron chi connectivity index (χ0n) is 12.0. The second-order valence-electron chi connectivity index (χ2n) is 5.56. The van der Waals surface area contributed by atoms with E-state index >= 15 is 0 Å². The second kappa shape index (κ2) is 7.53. The summed E-state index contributed by atoms with van der Waals surface area (Å²) in [5.74, 6) is -0.771. The SMILES string of the molecule is CC1CCC(NC(=O)N(CCO)CC(F)F)(C(=O)O)CC1. The summed E-state index contributed by atoms with van der Waals surface area (Å²) < 4.78 is 24.9. The molecule has 122 valence electrons. The van der Waals surface area contributed by atoms with E-state index in [0.29, 0.717) is 18.8 Å². The van der Waals surface area contributed by atoms with Crippen LogP contribution < -0.4 is 5.32 Å². The third-order valence-corrected chi connectivity index (χ3v) is 3.90. The number of carboxylic acids is 1. The number of nitrogens with zero attached hydrogens (tertiary/aromatic N) is 1. The number of alkyl halides is 2. The van der Waals surface area contributed by atoms with Crippen molar-refractivity contribution >= 4 is 12.0 Å². The maximum Gasteiger partial charge on any atom is 0.329 e. The summed E-state index contributed by atoms with van der Waals surface area (Å²) in [5, 5.41) is 20.6. The first-order valence-corrected chi connectivity index (χ1v) is 7.00. The number of aliphatic carboxylic acids is 1. The van der Waals surface area contributed by atoms with E-state index in [4.69, 9.17) is 5.11 Å². The summed E-state index contributed by atoms with van der Waals surface area (Å²) in [5.41, 5.74) is -1.40. The summed E-state index contributed by atoms with van der Waals surface area (Å²) in [4.78, 5) is 24.3. The number of amides is 2. The summed E-state index contributed by atoms with van der Waals surface area (Å²) in [6.45, 7) is 0.445. The Hall–Kier alpha value is -1.44. The Balaban J connectivity index is 2.77. The number of urea groups is 1. The highest BCUT2D eigenvalue weighted by Gasteiger charge is 2.43. The van der Waals surface area contributed by atoms with Crippen LogP contribution in [0.1, 0.15) is 32.6 Å². The number of aliphatic hydroxyl groups excluding tert-OH is 1. The number of carbonyl (C=O) groups excluding carboxylic acids is 1. The van der Waals surface area contributed by atoms with E-state index < -0.39 is 37.1 Å². The molecule has 0 aromatic rings. The highest BCUT2D eigenvalue weighted by Crippen LogP contribution is 2.32. The third-order valence-electron chi connectivity index (χ3n) is 3.90. The average molecular weight is 308 g/mol. The number of hydrogen-bond donors (Lipinski definition) is 3. The Morgan fingerprint density at radius 2 is 1.95 bits per heavy atom. The van der Waals surface area contributed by atoms with Gasteiger partial charge in [-0.15, -0.1) is 0 Å². The summed E-state index contributed by atoms with van der Waals surface area (Å²) in [6.07, 6.45) is -0.883. The van der Waals surface area contributed by atoms with Gasteiger partial charge in [-0.25, -0.2) is 18.4 Å². The maximum atomic E-state index is 12.4. The van der Waals surface area contributed by atoms with Gasteiger partial charge in [-0.2, -0.15) is 0 Å². The molecule has 2 amide bonds. The second-order valence-corrected chi connectivity index (χ2v) is 5.56. The lowest BCUT2D eigenvalue weighted by Gasteiger charge is -2.37. The molecule has 21 heavy (non-hydrogen) atoms. The Morgan fingerprint density at radius 3 is 2.38 bits per heavy atom. The van der Waals surface area contributed by atoms with Crippen molar-refractivity contribution in [3.05, 3.63) is 0 Å². The number of carbonyl (C=O) groups is 2. The fourth-order valence-corrected chi connectivity index (χ4v) is 2.49. The maximum absolute atomic E-state index is 12.4. The van der Waals surface area contributed by atoms with Crippen LogP contribution in [0.15, 0.2) is 0 Å². The molecule has 0 atom stereocenters. The average Bonchev–Trinajstić information content (AvgIpc) is 2.40. The van der Waals surface area contributed by atoms with Crippen molar-refractivity contribution in [1.29, 1.82) is 0 Å². The molecule has 1 saturated carbocycles. The predicted molar refractivity (Wildman–Crippen MR) is 71.2 cm³/mol. The topological polar surface area (TPSA) is 89.9 Å². The van der Waals surface area contributed by atoms with Crippen LogP contribution in [-0.4, -0.2) is 58.8 Å². The minimum Gasteiger partial charge on any atom is -0.480 e. The van der Waals surface area contributed by atoms with E-state index in [0.717, 1.165) is 4.90 Å². The van der Waals surface area contributed by atoms with E-state index in [9.17, 15) is 23.5 Å². The number of nitrogens with one attached hydrogen (secondary N) is 1. The monoisotopic (exact) mass is 308 g/mol. The van der Waals surface area contributed by atoms with Crippen LogP contribution >= 0.6 is 0 Å². The van der Waals surface area contributed by atoms with Crippen molar-refractivity contribution in [2.24, 2.45) is 5.92 Å². The van der Waals surface area contributed by atoms with Crippen molar-refractivity contribution in [2.75, 3.05) is 19.7 Å². The van der Waals surface area contributed by atoms with E-state index in [2.05, 4.69) is 5.32 Å². The number of aliphatic hydroxyl groups is 1. The number of carboxylic acid groups (broad SMARTS) is 1. The molecule has 0 radical (unpaired) electrons. The summed E-state index contributed by atoms with van der Waals surface area (Å²) in [6, 6.07) is -0.874. The molecule has 0 saturated heterocycles. The molecule has 0 aromatic heterocycles. The molecule has 0 heterocycles. The smallest absolute Gasteiger partial charge is 0.329 e. The van der Waals surface area contributed by atoms with Crippen LogP contribution in [0.4, 0.5) is 13.6 Å². The molecule has 8 heteroatoms. The number of halogens is 2. The quantitative estimate of drug-likeness (QED) is 0.689. The van der Waals surface area contributed by atoms with E-state index in [1.165, 1.54) is 0 Å². The lowest BCUT2D eigenvalue weighted by molar-refractivity contribution is -0.146. The largest absolute Gasteiger partial charge is 0.480 e. The first-order chi connectivity index (χ1) is 9.80. The fourth-order valence-electron chi connectivity index (χ4n) is 2.49. The van der Waals surface area contributed by atoms with Gasteiger partial charge < -0.3 is 20.4 Å². The van der Waals surface area contributed by atoms with Crippen LogP contribution in [-0.2, 0) is 4.79 Å². The predicted octanol–water partition coefficient (Wildman–Crippen LogP) is 1.29. The highest BCUT2D eigenvalue weighted by molar-refractivity contribution is 5.86. The van der Waals surface area contributed by atoms with Crippen molar-refractivity contribution in [3.63, 3.8) is 0 Å². The molecule has 0 spiro atoms. The van der Waals surface area contributed by atoms with Gasteiger partial charge in [0.25, 0.3) is 6.43 Å². The Kier molecular flexibility index (Phi) is 6.32. The molecule has 0 aliphatic heterocycles. The third kappa shape index (κ3) is 4.80. The molecule has 1 fully saturated rings. The van der Waals surface area contributed by atoms with Gasteiger partial charge in [0.1, 0.15) is 5.54 Å². The lowest BCUT2D eigenvalue weighted by atomic mass is 9.77. The first kappa shape index (κ1) is 17.6. The van der Waals surface area contributed by atoms with Gasteiger partial charge in [-0.1, -0.05) is 6.92 Å². The van der Waals surface area contributed by atoms with Gasteiger partial charge >= 0.3 is 12.0 Å². The van der Waals surface area contributed by atoms with Gasteiger partial charge in [-0.05, 0) is 31.6 Å². The van der Waals surface area contributed by atoms with Crippen LogP contribution in [0.2, 0.25) is 0 Å². The Morgan fingerprint density at radius 1 is 1.38 bits per heavy atom. The van der Waals surface area contributed by atoms with Crippen LogP contribution in [0.5, 0.6) is 0 Å². The molecule has 1 aliphatic carbocycles. The summed E-state index contributed by atoms with van der Waals surface area (Å²) in [7, 11) is 0. The first-order valence-electron chi connectivity index (χ1n) is 7.00. The van der Waals surface area contributed by atoms with Gasteiger partial charge in [-0.3, -0.25) is 0 Å². The molecular weight excluding hydrogens is 286 g/mol. The molecule has 6 nitrogen and oxygen atoms in total. The Bertz CT molecular complexity index is 371. The number of rotatable bonds is 6. The van der Waals surface area contributed by atoms with Gasteiger partial charge in [0, 0.05) is 6.54 Å². The molecule has 0 aromatic carbocycles. The summed E-state index contributed by atoms with van der Waals surface area (Å²) >= 11 is 0. The van der Waals surface area contributed by atoms with Gasteiger partial charge in [0.2, 0.25) is 0 Å². The van der Waals surface area contributed by atoms with Crippen LogP contribution in [0.25, 0.3) is 0 Å². The van der Waals surface area contributed by atoms with Crippen molar-refractivity contribution in [1.82, 2.24) is 10.2 Å². The lowest BCUT2D eigenvalue weighted by Crippen LogP contribution is -2.59. The van der Waals surface area contributed by atoms with E-state index in [-0.39, 0.29) is 19.4 Å². The normalized spacial score (nSPS) is 25.7. The molecule has 3 N–H and O–H groups in total. The van der Waals surface area contributed by atoms with Crippen molar-refractivity contribution < 1.29 is 28.6 Å². The standard InChI is InChI=1S/C13H22F2N2O4/c1-9-2-4-13(5-3-9,11(19)20)16-12(21)17(6-7-18)8-10(14)15/h9-10,18H,2-8H2,1H3,(H,16,21)(H,19,20). The van der Waals surface area contributed by atoms with Gasteiger partial charge in [0.05, 0.1) is 13.2 Å². The van der Waals surface area contributed by atoms with Gasteiger partial charge in [0.15, 0.2) is 0 Å². The molecular formula is C13H22F2N2O4. The number of hydrogen-bond acceptors (Lipinski definition) is 3. The zero-order valence-corrected chi connectivity index (χ0v) is 12.0. The molecule has 0 bridgehead atoms. The van der Waals surface area contributed by atoms with Crippen LogP contribution in [0, 0.1) is 5.92 Å². The van der Waals surface area contributed by atoms with Crippen molar-refractivity contribution in [2.45, 2.75) is 44.6 Å². The Labute approximate surface area is 122 Å². The molecule has 1 rings (SSSR count). The van der Waals surface area contributed by atoms with Crippen molar-refractivity contribution in [3.8, 4) is 0 Å². The zero-order chi connectivity index (χ0) is 16.0. The van der Waals surface area contributed by atoms with E-state index in [1.54, 1.807) is 0 Å². The minimum absolute atomic E-state index is 0.262. The minimum atomic E-state index is -2.74. The van der Waals surface area contributed by atoms with E-state index in [1.807, 2.05) is 6.92 Å². The van der Waals surface area contributed by atoms with Crippen LogP contribution in [0.3, 0.4) is 0 Å². The fraction of sp³-hybridized carbons (Fsp3) is 0.846. The molecule has 0 unspecified atom stereocenters.